The monoisotopic (exact) mass is 367 g/mol. The van der Waals surface area contributed by atoms with Crippen LogP contribution in [0.5, 0.6) is 5.75 Å². The lowest BCUT2D eigenvalue weighted by molar-refractivity contribution is 0.102. The molecular weight excluding hydrogens is 346 g/mol. The average Bonchev–Trinajstić information content (AvgIpc) is 3.10. The van der Waals surface area contributed by atoms with Gasteiger partial charge in [0.15, 0.2) is 5.13 Å². The molecule has 2 aromatic carbocycles. The second kappa shape index (κ2) is 7.58. The molecular formula is C20H21N3O2S. The third-order valence-electron chi connectivity index (χ3n) is 4.04. The van der Waals surface area contributed by atoms with Crippen molar-refractivity contribution in [2.75, 3.05) is 31.4 Å². The van der Waals surface area contributed by atoms with E-state index in [-0.39, 0.29) is 5.91 Å². The minimum atomic E-state index is -0.166. The Balaban J connectivity index is 1.77. The molecule has 1 heterocycles. The molecule has 0 radical (unpaired) electrons. The summed E-state index contributed by atoms with van der Waals surface area (Å²) in [6, 6.07) is 13.4. The zero-order chi connectivity index (χ0) is 18.7. The second-order valence-electron chi connectivity index (χ2n) is 6.12. The van der Waals surface area contributed by atoms with Crippen molar-refractivity contribution in [1.82, 2.24) is 4.98 Å². The van der Waals surface area contributed by atoms with Crippen LogP contribution >= 0.6 is 11.3 Å². The number of rotatable bonds is 5. The van der Waals surface area contributed by atoms with Gasteiger partial charge in [-0.3, -0.25) is 10.1 Å². The van der Waals surface area contributed by atoms with Crippen molar-refractivity contribution in [3.8, 4) is 17.0 Å². The van der Waals surface area contributed by atoms with Crippen molar-refractivity contribution >= 4 is 28.1 Å². The topological polar surface area (TPSA) is 54.5 Å². The van der Waals surface area contributed by atoms with Crippen LogP contribution < -0.4 is 15.0 Å². The van der Waals surface area contributed by atoms with E-state index in [2.05, 4.69) is 10.3 Å². The van der Waals surface area contributed by atoms with Gasteiger partial charge in [-0.05, 0) is 48.9 Å². The van der Waals surface area contributed by atoms with Gasteiger partial charge in [-0.15, -0.1) is 11.3 Å². The molecule has 0 spiro atoms. The van der Waals surface area contributed by atoms with E-state index in [4.69, 9.17) is 4.74 Å². The highest BCUT2D eigenvalue weighted by Gasteiger charge is 2.12. The number of methoxy groups -OCH3 is 1. The first-order valence-electron chi connectivity index (χ1n) is 8.17. The molecule has 134 valence electrons. The fraction of sp³-hybridized carbons (Fsp3) is 0.200. The number of hydrogen-bond donors (Lipinski definition) is 1. The van der Waals surface area contributed by atoms with Gasteiger partial charge in [-0.25, -0.2) is 4.98 Å². The standard InChI is InChI=1S/C20H21N3O2S/c1-13-10-14(8-9-18(13)25-4)17-12-26-20(21-17)22-19(24)15-6-5-7-16(11-15)23(2)3/h5-12H,1-4H3,(H,21,22,24). The smallest absolute Gasteiger partial charge is 0.257 e. The molecule has 6 heteroatoms. The van der Waals surface area contributed by atoms with E-state index in [1.54, 1.807) is 13.2 Å². The van der Waals surface area contributed by atoms with Crippen LogP contribution in [0.15, 0.2) is 47.8 Å². The number of aromatic nitrogens is 1. The molecule has 0 aliphatic rings. The Bertz CT molecular complexity index is 934. The number of thiazole rings is 1. The number of amides is 1. The first kappa shape index (κ1) is 17.9. The Morgan fingerprint density at radius 1 is 1.19 bits per heavy atom. The summed E-state index contributed by atoms with van der Waals surface area (Å²) >= 11 is 1.41. The molecule has 26 heavy (non-hydrogen) atoms. The molecule has 5 nitrogen and oxygen atoms in total. The largest absolute Gasteiger partial charge is 0.496 e. The van der Waals surface area contributed by atoms with Gasteiger partial charge in [0, 0.05) is 36.3 Å². The number of ether oxygens (including phenoxy) is 1. The van der Waals surface area contributed by atoms with E-state index >= 15 is 0 Å². The molecule has 0 aliphatic heterocycles. The fourth-order valence-corrected chi connectivity index (χ4v) is 3.31. The maximum atomic E-state index is 12.5. The Morgan fingerprint density at radius 2 is 2.00 bits per heavy atom. The lowest BCUT2D eigenvalue weighted by atomic mass is 10.1. The summed E-state index contributed by atoms with van der Waals surface area (Å²) in [7, 11) is 5.55. The van der Waals surface area contributed by atoms with Gasteiger partial charge in [0.1, 0.15) is 5.75 Å². The highest BCUT2D eigenvalue weighted by Crippen LogP contribution is 2.29. The molecule has 0 fully saturated rings. The Labute approximate surface area is 157 Å². The highest BCUT2D eigenvalue weighted by atomic mass is 32.1. The van der Waals surface area contributed by atoms with E-state index in [1.807, 2.05) is 67.7 Å². The van der Waals surface area contributed by atoms with Crippen molar-refractivity contribution in [1.29, 1.82) is 0 Å². The fourth-order valence-electron chi connectivity index (χ4n) is 2.60. The number of benzene rings is 2. The summed E-state index contributed by atoms with van der Waals surface area (Å²) in [6.07, 6.45) is 0. The van der Waals surface area contributed by atoms with Gasteiger partial charge in [-0.1, -0.05) is 6.07 Å². The van der Waals surface area contributed by atoms with Crippen molar-refractivity contribution < 1.29 is 9.53 Å². The summed E-state index contributed by atoms with van der Waals surface area (Å²) in [6.45, 7) is 2.00. The summed E-state index contributed by atoms with van der Waals surface area (Å²) < 4.78 is 5.29. The second-order valence-corrected chi connectivity index (χ2v) is 6.98. The minimum Gasteiger partial charge on any atom is -0.496 e. The van der Waals surface area contributed by atoms with E-state index in [9.17, 15) is 4.79 Å². The number of carbonyl (C=O) groups is 1. The van der Waals surface area contributed by atoms with Crippen LogP contribution in [0.1, 0.15) is 15.9 Å². The molecule has 0 aliphatic carbocycles. The highest BCUT2D eigenvalue weighted by molar-refractivity contribution is 7.14. The van der Waals surface area contributed by atoms with Crippen LogP contribution in [0, 0.1) is 6.92 Å². The Hall–Kier alpha value is -2.86. The molecule has 0 atom stereocenters. The van der Waals surface area contributed by atoms with Crippen LogP contribution in [0.2, 0.25) is 0 Å². The quantitative estimate of drug-likeness (QED) is 0.724. The van der Waals surface area contributed by atoms with Gasteiger partial charge < -0.3 is 9.64 Å². The molecule has 0 saturated carbocycles. The molecule has 0 unspecified atom stereocenters. The molecule has 1 amide bonds. The molecule has 0 saturated heterocycles. The predicted octanol–water partition coefficient (Wildman–Crippen LogP) is 4.45. The lowest BCUT2D eigenvalue weighted by Crippen LogP contribution is -2.14. The van der Waals surface area contributed by atoms with Crippen molar-refractivity contribution in [3.63, 3.8) is 0 Å². The third kappa shape index (κ3) is 3.86. The van der Waals surface area contributed by atoms with E-state index in [0.29, 0.717) is 10.7 Å². The molecule has 1 N–H and O–H groups in total. The normalized spacial score (nSPS) is 10.5. The number of nitrogens with one attached hydrogen (secondary N) is 1. The number of anilines is 2. The molecule has 0 bridgehead atoms. The first-order valence-corrected chi connectivity index (χ1v) is 9.05. The third-order valence-corrected chi connectivity index (χ3v) is 4.80. The van der Waals surface area contributed by atoms with Crippen molar-refractivity contribution in [3.05, 3.63) is 59.0 Å². The van der Waals surface area contributed by atoms with E-state index < -0.39 is 0 Å². The Morgan fingerprint density at radius 3 is 2.69 bits per heavy atom. The lowest BCUT2D eigenvalue weighted by Gasteiger charge is -2.13. The van der Waals surface area contributed by atoms with Crippen LogP contribution in [0.3, 0.4) is 0 Å². The van der Waals surface area contributed by atoms with Crippen LogP contribution in [-0.4, -0.2) is 32.1 Å². The van der Waals surface area contributed by atoms with Crippen molar-refractivity contribution in [2.45, 2.75) is 6.92 Å². The van der Waals surface area contributed by atoms with Crippen LogP contribution in [0.25, 0.3) is 11.3 Å². The van der Waals surface area contributed by atoms with E-state index in [0.717, 1.165) is 28.3 Å². The van der Waals surface area contributed by atoms with Gasteiger partial charge in [-0.2, -0.15) is 0 Å². The summed E-state index contributed by atoms with van der Waals surface area (Å²) in [4.78, 5) is 19.0. The first-order chi connectivity index (χ1) is 12.5. The molecule has 1 aromatic heterocycles. The van der Waals surface area contributed by atoms with Gasteiger partial charge in [0.25, 0.3) is 5.91 Å². The molecule has 3 aromatic rings. The van der Waals surface area contributed by atoms with Crippen LogP contribution in [-0.2, 0) is 0 Å². The van der Waals surface area contributed by atoms with Gasteiger partial charge in [0.05, 0.1) is 12.8 Å². The SMILES string of the molecule is COc1ccc(-c2csc(NC(=O)c3cccc(N(C)C)c3)n2)cc1C. The van der Waals surface area contributed by atoms with Gasteiger partial charge in [0.2, 0.25) is 0 Å². The number of hydrogen-bond acceptors (Lipinski definition) is 5. The maximum Gasteiger partial charge on any atom is 0.257 e. The summed E-state index contributed by atoms with van der Waals surface area (Å²) in [5.74, 6) is 0.679. The van der Waals surface area contributed by atoms with E-state index in [1.165, 1.54) is 11.3 Å². The number of nitrogens with zero attached hydrogens (tertiary/aromatic N) is 2. The zero-order valence-corrected chi connectivity index (χ0v) is 16.1. The summed E-state index contributed by atoms with van der Waals surface area (Å²) in [5, 5.41) is 5.39. The van der Waals surface area contributed by atoms with Gasteiger partial charge >= 0.3 is 0 Å². The number of aryl methyl sites for hydroxylation is 1. The van der Waals surface area contributed by atoms with Crippen LogP contribution in [0.4, 0.5) is 10.8 Å². The average molecular weight is 367 g/mol. The zero-order valence-electron chi connectivity index (χ0n) is 15.2. The number of carbonyl (C=O) groups excluding carboxylic acids is 1. The molecule has 3 rings (SSSR count). The predicted molar refractivity (Wildman–Crippen MR) is 108 cm³/mol. The van der Waals surface area contributed by atoms with Crippen molar-refractivity contribution in [2.24, 2.45) is 0 Å². The maximum absolute atomic E-state index is 12.5. The summed E-state index contributed by atoms with van der Waals surface area (Å²) in [5.41, 5.74) is 4.45. The minimum absolute atomic E-state index is 0.166. The Kier molecular flexibility index (Phi) is 5.23.